The average molecular weight is 509 g/mol. The summed E-state index contributed by atoms with van der Waals surface area (Å²) in [5, 5.41) is 14.8. The zero-order valence-corrected chi connectivity index (χ0v) is 19.8. The number of likely N-dealkylation sites (N-methyl/N-ethyl adjacent to an activating group) is 1. The van der Waals surface area contributed by atoms with Crippen LogP contribution in [0.2, 0.25) is 0 Å². The fourth-order valence-corrected chi connectivity index (χ4v) is 4.12. The van der Waals surface area contributed by atoms with Gasteiger partial charge in [0.15, 0.2) is 11.6 Å². The highest BCUT2D eigenvalue weighted by molar-refractivity contribution is 5.91. The molecule has 0 spiro atoms. The SMILES string of the molecule is CN1Cc2cc(cc(F)c2OC(F)F)NC(=O)CCc2cccc(c2)C(Nc2ccc(C#N)cc2)C1=O. The maximum absolute atomic E-state index is 14.8. The molecule has 1 unspecified atom stereocenters. The molecule has 0 fully saturated rings. The minimum Gasteiger partial charge on any atom is -0.431 e. The molecule has 190 valence electrons. The van der Waals surface area contributed by atoms with Crippen molar-refractivity contribution in [2.45, 2.75) is 32.0 Å². The maximum Gasteiger partial charge on any atom is 0.387 e. The highest BCUT2D eigenvalue weighted by atomic mass is 19.3. The fourth-order valence-electron chi connectivity index (χ4n) is 4.12. The van der Waals surface area contributed by atoms with Crippen molar-refractivity contribution in [3.8, 4) is 11.8 Å². The molecule has 10 heteroatoms. The molecule has 1 atom stereocenters. The van der Waals surface area contributed by atoms with Gasteiger partial charge in [-0.15, -0.1) is 0 Å². The predicted molar refractivity (Wildman–Crippen MR) is 130 cm³/mol. The summed E-state index contributed by atoms with van der Waals surface area (Å²) in [6, 6.07) is 17.1. The third-order valence-corrected chi connectivity index (χ3v) is 5.89. The van der Waals surface area contributed by atoms with Crippen molar-refractivity contribution in [3.05, 3.63) is 88.7 Å². The molecule has 1 aliphatic heterocycles. The Kier molecular flexibility index (Phi) is 7.63. The molecule has 3 aromatic carbocycles. The van der Waals surface area contributed by atoms with Gasteiger partial charge in [0.1, 0.15) is 6.04 Å². The van der Waals surface area contributed by atoms with Crippen molar-refractivity contribution < 1.29 is 27.5 Å². The number of rotatable bonds is 4. The quantitative estimate of drug-likeness (QED) is 0.518. The van der Waals surface area contributed by atoms with Gasteiger partial charge in [0.25, 0.3) is 0 Å². The lowest BCUT2D eigenvalue weighted by Gasteiger charge is -2.27. The van der Waals surface area contributed by atoms with Crippen molar-refractivity contribution in [2.75, 3.05) is 17.7 Å². The van der Waals surface area contributed by atoms with Crippen LogP contribution in [0.4, 0.5) is 24.5 Å². The van der Waals surface area contributed by atoms with E-state index in [-0.39, 0.29) is 30.1 Å². The number of carbonyl (C=O) groups excluding carboxylic acids is 2. The van der Waals surface area contributed by atoms with E-state index in [4.69, 9.17) is 5.26 Å². The van der Waals surface area contributed by atoms with Gasteiger partial charge in [-0.05, 0) is 47.9 Å². The molecule has 1 aliphatic rings. The molecule has 7 nitrogen and oxygen atoms in total. The number of ether oxygens (including phenoxy) is 1. The second-order valence-corrected chi connectivity index (χ2v) is 8.58. The van der Waals surface area contributed by atoms with Gasteiger partial charge in [-0.25, -0.2) is 4.39 Å². The van der Waals surface area contributed by atoms with Crippen molar-refractivity contribution >= 4 is 23.2 Å². The summed E-state index contributed by atoms with van der Waals surface area (Å²) in [6.45, 7) is -3.55. The molecule has 0 radical (unpaired) electrons. The number of anilines is 2. The van der Waals surface area contributed by atoms with Gasteiger partial charge < -0.3 is 20.3 Å². The van der Waals surface area contributed by atoms with Gasteiger partial charge in [-0.1, -0.05) is 24.3 Å². The van der Waals surface area contributed by atoms with E-state index >= 15 is 0 Å². The Morgan fingerprint density at radius 2 is 1.86 bits per heavy atom. The van der Waals surface area contributed by atoms with E-state index in [9.17, 15) is 22.8 Å². The van der Waals surface area contributed by atoms with Crippen molar-refractivity contribution in [3.63, 3.8) is 0 Å². The van der Waals surface area contributed by atoms with Crippen LogP contribution in [0.1, 0.15) is 34.7 Å². The van der Waals surface area contributed by atoms with E-state index in [0.29, 0.717) is 23.2 Å². The molecule has 0 saturated heterocycles. The van der Waals surface area contributed by atoms with E-state index < -0.39 is 30.1 Å². The number of benzene rings is 3. The number of amides is 2. The minimum absolute atomic E-state index is 0.0330. The Morgan fingerprint density at radius 1 is 1.11 bits per heavy atom. The summed E-state index contributed by atoms with van der Waals surface area (Å²) in [5.41, 5.74) is 2.49. The number of halogens is 3. The normalized spacial score (nSPS) is 16.0. The zero-order valence-electron chi connectivity index (χ0n) is 19.8. The van der Waals surface area contributed by atoms with E-state index in [1.165, 1.54) is 18.0 Å². The van der Waals surface area contributed by atoms with Gasteiger partial charge in [-0.2, -0.15) is 14.0 Å². The van der Waals surface area contributed by atoms with Crippen molar-refractivity contribution in [1.29, 1.82) is 5.26 Å². The van der Waals surface area contributed by atoms with Crippen LogP contribution in [-0.2, 0) is 22.6 Å². The first-order valence-corrected chi connectivity index (χ1v) is 11.4. The Labute approximate surface area is 211 Å². The first-order valence-electron chi connectivity index (χ1n) is 11.4. The first kappa shape index (κ1) is 25.6. The summed E-state index contributed by atoms with van der Waals surface area (Å²) >= 11 is 0. The standard InChI is InChI=1S/C27H23F3N4O3/c1-34-15-19-12-21(13-22(28)25(19)37-27(29)30)32-23(35)10-7-16-3-2-4-18(11-16)24(26(34)36)33-20-8-5-17(14-31)6-9-20/h2-6,8-9,11-13,24,27,33H,7,10,15H2,1H3,(H,32,35). The second kappa shape index (κ2) is 11.0. The van der Waals surface area contributed by atoms with Crippen LogP contribution in [0.3, 0.4) is 0 Å². The van der Waals surface area contributed by atoms with Crippen LogP contribution in [-0.4, -0.2) is 30.4 Å². The Balaban J connectivity index is 1.76. The van der Waals surface area contributed by atoms with E-state index in [1.807, 2.05) is 18.2 Å². The third kappa shape index (κ3) is 6.19. The number of aryl methyl sites for hydroxylation is 1. The zero-order chi connectivity index (χ0) is 26.5. The molecule has 37 heavy (non-hydrogen) atoms. The summed E-state index contributed by atoms with van der Waals surface area (Å²) in [4.78, 5) is 27.5. The molecule has 0 aromatic heterocycles. The summed E-state index contributed by atoms with van der Waals surface area (Å²) in [6.07, 6.45) is 0.437. The van der Waals surface area contributed by atoms with Crippen LogP contribution in [0.15, 0.2) is 60.7 Å². The molecule has 4 rings (SSSR count). The number of hydrogen-bond donors (Lipinski definition) is 2. The van der Waals surface area contributed by atoms with Crippen LogP contribution < -0.4 is 15.4 Å². The molecular formula is C27H23F3N4O3. The number of hydrogen-bond acceptors (Lipinski definition) is 5. The number of carbonyl (C=O) groups is 2. The van der Waals surface area contributed by atoms with Gasteiger partial charge in [0.2, 0.25) is 11.8 Å². The summed E-state index contributed by atoms with van der Waals surface area (Å²) in [5.74, 6) is -2.58. The molecule has 4 bridgehead atoms. The number of nitrogens with zero attached hydrogens (tertiary/aromatic N) is 2. The first-order chi connectivity index (χ1) is 17.7. The Morgan fingerprint density at radius 3 is 2.57 bits per heavy atom. The Hall–Kier alpha value is -4.52. The largest absolute Gasteiger partial charge is 0.431 e. The molecule has 0 aliphatic carbocycles. The third-order valence-electron chi connectivity index (χ3n) is 5.89. The topological polar surface area (TPSA) is 94.5 Å². The lowest BCUT2D eigenvalue weighted by Crippen LogP contribution is -2.35. The Bertz CT molecular complexity index is 1360. The minimum atomic E-state index is -3.28. The molecule has 0 saturated carbocycles. The number of fused-ring (bicyclic) bond motifs is 4. The molecular weight excluding hydrogens is 485 g/mol. The van der Waals surface area contributed by atoms with Crippen molar-refractivity contribution in [1.82, 2.24) is 4.90 Å². The van der Waals surface area contributed by atoms with Gasteiger partial charge >= 0.3 is 6.61 Å². The van der Waals surface area contributed by atoms with Crippen LogP contribution >= 0.6 is 0 Å². The number of alkyl halides is 2. The summed E-state index contributed by atoms with van der Waals surface area (Å²) in [7, 11) is 1.46. The number of nitrogens with one attached hydrogen (secondary N) is 2. The van der Waals surface area contributed by atoms with Crippen molar-refractivity contribution in [2.24, 2.45) is 0 Å². The molecule has 2 N–H and O–H groups in total. The molecule has 2 amide bonds. The van der Waals surface area contributed by atoms with Crippen LogP contribution in [0.5, 0.6) is 5.75 Å². The van der Waals surface area contributed by atoms with Gasteiger partial charge in [0.05, 0.1) is 11.6 Å². The fraction of sp³-hybridized carbons (Fsp3) is 0.222. The highest BCUT2D eigenvalue weighted by Gasteiger charge is 2.27. The van der Waals surface area contributed by atoms with Gasteiger partial charge in [0, 0.05) is 43.0 Å². The predicted octanol–water partition coefficient (Wildman–Crippen LogP) is 5.00. The average Bonchev–Trinajstić information content (AvgIpc) is 2.87. The lowest BCUT2D eigenvalue weighted by molar-refractivity contribution is -0.131. The number of nitriles is 1. The molecule has 1 heterocycles. The van der Waals surface area contributed by atoms with Gasteiger partial charge in [-0.3, -0.25) is 9.59 Å². The van der Waals surface area contributed by atoms with E-state index in [1.54, 1.807) is 36.4 Å². The monoisotopic (exact) mass is 508 g/mol. The van der Waals surface area contributed by atoms with Crippen LogP contribution in [0.25, 0.3) is 0 Å². The molecule has 3 aromatic rings. The second-order valence-electron chi connectivity index (χ2n) is 8.58. The maximum atomic E-state index is 14.8. The highest BCUT2D eigenvalue weighted by Crippen LogP contribution is 2.31. The lowest BCUT2D eigenvalue weighted by atomic mass is 9.99. The van der Waals surface area contributed by atoms with Crippen LogP contribution in [0, 0.1) is 17.1 Å². The van der Waals surface area contributed by atoms with E-state index in [2.05, 4.69) is 15.4 Å². The van der Waals surface area contributed by atoms with E-state index in [0.717, 1.165) is 11.6 Å². The summed E-state index contributed by atoms with van der Waals surface area (Å²) < 4.78 is 45.2. The smallest absolute Gasteiger partial charge is 0.387 e.